The maximum atomic E-state index is 6.82. The van der Waals surface area contributed by atoms with Crippen LogP contribution in [0.4, 0.5) is 0 Å². The second kappa shape index (κ2) is 12.2. The number of aromatic nitrogens is 4. The summed E-state index contributed by atoms with van der Waals surface area (Å²) in [6, 6.07) is 68.9. The van der Waals surface area contributed by atoms with E-state index in [2.05, 4.69) is 197 Å². The average molecular weight is 753 g/mol. The summed E-state index contributed by atoms with van der Waals surface area (Å²) in [5.41, 5.74) is 12.1. The summed E-state index contributed by atoms with van der Waals surface area (Å²) in [5, 5.41) is 9.98. The zero-order valence-corrected chi connectivity index (χ0v) is 31.7. The zero-order valence-electron chi connectivity index (χ0n) is 31.7. The Morgan fingerprint density at radius 3 is 2.02 bits per heavy atom. The van der Waals surface area contributed by atoms with Gasteiger partial charge in [0.2, 0.25) is 5.95 Å². The van der Waals surface area contributed by atoms with Crippen molar-refractivity contribution in [3.63, 3.8) is 0 Å². The normalized spacial score (nSPS) is 12.1. The molecule has 0 N–H and O–H groups in total. The van der Waals surface area contributed by atoms with Gasteiger partial charge < -0.3 is 8.98 Å². The van der Waals surface area contributed by atoms with Crippen LogP contribution in [0.2, 0.25) is 0 Å². The lowest BCUT2D eigenvalue weighted by atomic mass is 10.0. The number of nitrogens with zero attached hydrogens (tertiary/aromatic N) is 4. The van der Waals surface area contributed by atoms with Crippen LogP contribution in [0.25, 0.3) is 121 Å². The van der Waals surface area contributed by atoms with Crippen LogP contribution >= 0.6 is 0 Å². The minimum Gasteiger partial charge on any atom is -0.455 e. The molecule has 4 aromatic heterocycles. The smallest absolute Gasteiger partial charge is 0.235 e. The first-order chi connectivity index (χ1) is 29.3. The van der Waals surface area contributed by atoms with Crippen LogP contribution in [0.3, 0.4) is 0 Å². The van der Waals surface area contributed by atoms with Gasteiger partial charge in [-0.15, -0.1) is 0 Å². The molecule has 0 saturated heterocycles. The van der Waals surface area contributed by atoms with E-state index in [9.17, 15) is 0 Å². The van der Waals surface area contributed by atoms with Crippen LogP contribution < -0.4 is 0 Å². The fourth-order valence-electron chi connectivity index (χ4n) is 9.47. The molecule has 0 aliphatic heterocycles. The molecule has 0 atom stereocenters. The molecule has 0 bridgehead atoms. The summed E-state index contributed by atoms with van der Waals surface area (Å²) in [7, 11) is 0. The van der Waals surface area contributed by atoms with Crippen molar-refractivity contribution < 1.29 is 4.42 Å². The number of fused-ring (bicyclic) bond motifs is 13. The molecule has 0 radical (unpaired) electrons. The minimum absolute atomic E-state index is 0.602. The molecule has 0 fully saturated rings. The third-order valence-corrected chi connectivity index (χ3v) is 12.1. The second-order valence-corrected chi connectivity index (χ2v) is 15.3. The first kappa shape index (κ1) is 32.1. The monoisotopic (exact) mass is 752 g/mol. The third-order valence-electron chi connectivity index (χ3n) is 12.1. The Kier molecular flexibility index (Phi) is 6.66. The van der Waals surface area contributed by atoms with E-state index in [1.54, 1.807) is 0 Å². The highest BCUT2D eigenvalue weighted by Gasteiger charge is 2.26. The summed E-state index contributed by atoms with van der Waals surface area (Å²) in [6.45, 7) is 0. The van der Waals surface area contributed by atoms with Gasteiger partial charge in [-0.3, -0.25) is 4.57 Å². The van der Waals surface area contributed by atoms with Crippen molar-refractivity contribution in [1.29, 1.82) is 0 Å². The number of para-hydroxylation sites is 3. The van der Waals surface area contributed by atoms with Crippen molar-refractivity contribution in [3.8, 4) is 34.0 Å². The van der Waals surface area contributed by atoms with Crippen LogP contribution in [0.15, 0.2) is 199 Å². The van der Waals surface area contributed by atoms with E-state index in [1.807, 2.05) is 6.07 Å². The molecular weight excluding hydrogens is 721 g/mol. The fourth-order valence-corrected chi connectivity index (χ4v) is 9.47. The van der Waals surface area contributed by atoms with Gasteiger partial charge in [0, 0.05) is 43.6 Å². The third kappa shape index (κ3) is 4.67. The second-order valence-electron chi connectivity index (χ2n) is 15.3. The highest BCUT2D eigenvalue weighted by Crippen LogP contribution is 2.45. The number of hydrogen-bond donors (Lipinski definition) is 0. The van der Waals surface area contributed by atoms with Gasteiger partial charge in [-0.1, -0.05) is 146 Å². The highest BCUT2D eigenvalue weighted by atomic mass is 16.3. The molecule has 4 heterocycles. The molecule has 0 spiro atoms. The lowest BCUT2D eigenvalue weighted by molar-refractivity contribution is 0.673. The van der Waals surface area contributed by atoms with Gasteiger partial charge in [-0.25, -0.2) is 9.97 Å². The first-order valence-corrected chi connectivity index (χ1v) is 20.0. The Hall–Kier alpha value is -8.02. The van der Waals surface area contributed by atoms with Crippen molar-refractivity contribution in [1.82, 2.24) is 19.1 Å². The Bertz CT molecular complexity index is 3850. The van der Waals surface area contributed by atoms with Crippen LogP contribution in [0.1, 0.15) is 0 Å². The molecule has 0 saturated carbocycles. The predicted octanol–water partition coefficient (Wildman–Crippen LogP) is 14.2. The van der Waals surface area contributed by atoms with Gasteiger partial charge in [-0.05, 0) is 70.4 Å². The van der Waals surface area contributed by atoms with Crippen molar-refractivity contribution in [3.05, 3.63) is 194 Å². The molecule has 13 aromatic rings. The number of furan rings is 1. The van der Waals surface area contributed by atoms with E-state index in [0.717, 1.165) is 93.6 Å². The molecular formula is C54H32N4O. The van der Waals surface area contributed by atoms with Crippen molar-refractivity contribution in [2.24, 2.45) is 0 Å². The van der Waals surface area contributed by atoms with E-state index < -0.39 is 0 Å². The van der Waals surface area contributed by atoms with E-state index in [1.165, 1.54) is 21.7 Å². The van der Waals surface area contributed by atoms with Crippen LogP contribution in [-0.2, 0) is 0 Å². The summed E-state index contributed by atoms with van der Waals surface area (Å²) < 4.78 is 11.5. The van der Waals surface area contributed by atoms with Gasteiger partial charge in [0.1, 0.15) is 11.2 Å². The van der Waals surface area contributed by atoms with Crippen LogP contribution in [0.5, 0.6) is 0 Å². The molecule has 9 aromatic carbocycles. The maximum Gasteiger partial charge on any atom is 0.235 e. The van der Waals surface area contributed by atoms with Gasteiger partial charge in [0.15, 0.2) is 0 Å². The summed E-state index contributed by atoms with van der Waals surface area (Å²) in [4.78, 5) is 11.0. The summed E-state index contributed by atoms with van der Waals surface area (Å²) in [6.07, 6.45) is 0. The average Bonchev–Trinajstić information content (AvgIpc) is 3.97. The van der Waals surface area contributed by atoms with Gasteiger partial charge in [0.05, 0.1) is 38.7 Å². The SMILES string of the molecule is c1ccc(-c2cccc(-n3c4ccccc4c4ccc5c6c7oc8ccccc8c7ccc6n(-c6nc(-c7ccc8ccccc8c7)c7ccccc7n6)c5c43)c2)cc1. The molecule has 0 aliphatic carbocycles. The van der Waals surface area contributed by atoms with Gasteiger partial charge >= 0.3 is 0 Å². The highest BCUT2D eigenvalue weighted by molar-refractivity contribution is 6.29. The standard InChI is InChI=1S/C54H32N4O/c1-2-13-33(14-3-1)36-17-12-18-38(32-36)57-46-23-10-7-19-39(46)41-27-28-44-49-47(30-29-42-40-20-8-11-24-48(40)59-53(42)49)58(52(44)51(41)57)54-55-45-22-9-6-21-43(45)50(56-54)37-26-25-34-15-4-5-16-35(34)31-37/h1-32H. The topological polar surface area (TPSA) is 48.8 Å². The Labute approximate surface area is 337 Å². The van der Waals surface area contributed by atoms with Gasteiger partial charge in [0.25, 0.3) is 0 Å². The van der Waals surface area contributed by atoms with Crippen molar-refractivity contribution in [2.75, 3.05) is 0 Å². The number of hydrogen-bond acceptors (Lipinski definition) is 3. The van der Waals surface area contributed by atoms with E-state index in [0.29, 0.717) is 5.95 Å². The van der Waals surface area contributed by atoms with Crippen LogP contribution in [-0.4, -0.2) is 19.1 Å². The maximum absolute atomic E-state index is 6.82. The minimum atomic E-state index is 0.602. The predicted molar refractivity (Wildman–Crippen MR) is 244 cm³/mol. The Morgan fingerprint density at radius 2 is 1.10 bits per heavy atom. The van der Waals surface area contributed by atoms with Crippen LogP contribution in [0, 0.1) is 0 Å². The summed E-state index contributed by atoms with van der Waals surface area (Å²) >= 11 is 0. The Morgan fingerprint density at radius 1 is 0.390 bits per heavy atom. The number of benzene rings is 9. The largest absolute Gasteiger partial charge is 0.455 e. The Balaban J connectivity index is 1.21. The molecule has 5 heteroatoms. The molecule has 59 heavy (non-hydrogen) atoms. The van der Waals surface area contributed by atoms with E-state index in [4.69, 9.17) is 14.4 Å². The quantitative estimate of drug-likeness (QED) is 0.180. The molecule has 13 rings (SSSR count). The molecule has 274 valence electrons. The fraction of sp³-hybridized carbons (Fsp3) is 0. The lowest BCUT2D eigenvalue weighted by Crippen LogP contribution is -2.05. The molecule has 0 unspecified atom stereocenters. The van der Waals surface area contributed by atoms with Crippen molar-refractivity contribution >= 4 is 87.2 Å². The summed E-state index contributed by atoms with van der Waals surface area (Å²) in [5.74, 6) is 0.602. The zero-order chi connectivity index (χ0) is 38.6. The molecule has 0 amide bonds. The lowest BCUT2D eigenvalue weighted by Gasteiger charge is -2.14. The molecule has 0 aliphatic rings. The van der Waals surface area contributed by atoms with Gasteiger partial charge in [-0.2, -0.15) is 0 Å². The first-order valence-electron chi connectivity index (χ1n) is 20.0. The number of rotatable bonds is 4. The van der Waals surface area contributed by atoms with Crippen molar-refractivity contribution in [2.45, 2.75) is 0 Å². The van der Waals surface area contributed by atoms with E-state index >= 15 is 0 Å². The molecule has 5 nitrogen and oxygen atoms in total. The van der Waals surface area contributed by atoms with E-state index in [-0.39, 0.29) is 0 Å².